The van der Waals surface area contributed by atoms with Crippen LogP contribution in [0.3, 0.4) is 0 Å². The highest BCUT2D eigenvalue weighted by Crippen LogP contribution is 2.20. The van der Waals surface area contributed by atoms with E-state index in [1.54, 1.807) is 0 Å². The second kappa shape index (κ2) is 4.82. The molecule has 0 aliphatic heterocycles. The number of hydrogen-bond acceptors (Lipinski definition) is 4. The van der Waals surface area contributed by atoms with E-state index in [1.807, 2.05) is 4.72 Å². The summed E-state index contributed by atoms with van der Waals surface area (Å²) in [4.78, 5) is -0.424. The van der Waals surface area contributed by atoms with Crippen LogP contribution in [0.15, 0.2) is 23.1 Å². The van der Waals surface area contributed by atoms with Crippen LogP contribution in [0.2, 0.25) is 0 Å². The smallest absolute Gasteiger partial charge is 0.238 e. The number of hydrogen-bond donors (Lipinski definition) is 2. The van der Waals surface area contributed by atoms with Crippen LogP contribution in [0.25, 0.3) is 0 Å². The third-order valence-electron chi connectivity index (χ3n) is 2.14. The van der Waals surface area contributed by atoms with Crippen molar-refractivity contribution in [3.05, 3.63) is 24.0 Å². The Labute approximate surface area is 105 Å². The number of nitrogens with one attached hydrogen (secondary N) is 1. The maximum Gasteiger partial charge on any atom is 0.238 e. The van der Waals surface area contributed by atoms with E-state index < -0.39 is 36.0 Å². The third kappa shape index (κ3) is 3.40. The molecule has 0 amide bonds. The first-order chi connectivity index (χ1) is 8.04. The van der Waals surface area contributed by atoms with Crippen LogP contribution >= 0.6 is 0 Å². The lowest BCUT2D eigenvalue weighted by molar-refractivity contribution is 0.589. The first kappa shape index (κ1) is 14.9. The van der Waals surface area contributed by atoms with Crippen molar-refractivity contribution in [3.63, 3.8) is 0 Å². The Morgan fingerprint density at radius 1 is 1.22 bits per heavy atom. The number of benzene rings is 1. The highest BCUT2D eigenvalue weighted by atomic mass is 32.2. The molecule has 0 aliphatic carbocycles. The fourth-order valence-electron chi connectivity index (χ4n) is 1.03. The Bertz CT molecular complexity index is 653. The molecule has 0 heterocycles. The first-order valence-electron chi connectivity index (χ1n) is 4.88. The molecule has 0 fully saturated rings. The summed E-state index contributed by atoms with van der Waals surface area (Å²) < 4.78 is 60.5. The highest BCUT2D eigenvalue weighted by molar-refractivity contribution is 7.93. The monoisotopic (exact) mass is 296 g/mol. The second-order valence-electron chi connectivity index (χ2n) is 3.88. The molecule has 0 saturated carbocycles. The van der Waals surface area contributed by atoms with E-state index in [0.717, 1.165) is 12.1 Å². The molecule has 0 atom stereocenters. The van der Waals surface area contributed by atoms with Crippen molar-refractivity contribution in [2.75, 3.05) is 4.72 Å². The van der Waals surface area contributed by atoms with Gasteiger partial charge in [0.25, 0.3) is 0 Å². The van der Waals surface area contributed by atoms with Crippen molar-refractivity contribution >= 4 is 25.7 Å². The number of primary sulfonamides is 1. The quantitative estimate of drug-likeness (QED) is 0.849. The maximum absolute atomic E-state index is 13.5. The van der Waals surface area contributed by atoms with E-state index in [-0.39, 0.29) is 5.69 Å². The zero-order valence-corrected chi connectivity index (χ0v) is 11.3. The van der Waals surface area contributed by atoms with E-state index in [2.05, 4.69) is 0 Å². The zero-order chi connectivity index (χ0) is 14.1. The third-order valence-corrected chi connectivity index (χ3v) is 4.80. The molecule has 102 valence electrons. The van der Waals surface area contributed by atoms with Crippen molar-refractivity contribution in [1.82, 2.24) is 0 Å². The van der Waals surface area contributed by atoms with Crippen LogP contribution in [0.4, 0.5) is 10.1 Å². The lowest BCUT2D eigenvalue weighted by atomic mass is 10.3. The molecule has 0 radical (unpaired) electrons. The Kier molecular flexibility index (Phi) is 3.99. The van der Waals surface area contributed by atoms with E-state index >= 15 is 0 Å². The van der Waals surface area contributed by atoms with E-state index in [9.17, 15) is 21.2 Å². The normalized spacial score (nSPS) is 12.7. The summed E-state index contributed by atoms with van der Waals surface area (Å²) in [5.74, 6) is -1.01. The summed E-state index contributed by atoms with van der Waals surface area (Å²) in [6.07, 6.45) is 0. The molecule has 1 aromatic rings. The summed E-state index contributed by atoms with van der Waals surface area (Å²) in [6, 6.07) is 2.69. The van der Waals surface area contributed by atoms with Crippen LogP contribution in [-0.2, 0) is 20.0 Å². The maximum atomic E-state index is 13.5. The van der Waals surface area contributed by atoms with Gasteiger partial charge in [-0.1, -0.05) is 0 Å². The van der Waals surface area contributed by atoms with Crippen LogP contribution in [-0.4, -0.2) is 22.1 Å². The zero-order valence-electron chi connectivity index (χ0n) is 9.71. The topological polar surface area (TPSA) is 106 Å². The van der Waals surface area contributed by atoms with Crippen LogP contribution in [0, 0.1) is 5.82 Å². The van der Waals surface area contributed by atoms with Gasteiger partial charge < -0.3 is 0 Å². The van der Waals surface area contributed by atoms with Gasteiger partial charge in [-0.05, 0) is 32.0 Å². The van der Waals surface area contributed by atoms with Crippen molar-refractivity contribution in [2.24, 2.45) is 5.14 Å². The summed E-state index contributed by atoms with van der Waals surface area (Å²) in [5.41, 5.74) is -0.323. The van der Waals surface area contributed by atoms with Crippen molar-refractivity contribution in [1.29, 1.82) is 0 Å². The molecule has 0 saturated heterocycles. The molecule has 1 aromatic carbocycles. The number of halogens is 1. The molecule has 0 bridgehead atoms. The largest absolute Gasteiger partial charge is 0.280 e. The average Bonchev–Trinajstić information content (AvgIpc) is 2.19. The van der Waals surface area contributed by atoms with E-state index in [4.69, 9.17) is 5.14 Å². The lowest BCUT2D eigenvalue weighted by Gasteiger charge is -2.11. The molecule has 6 nitrogen and oxygen atoms in total. The van der Waals surface area contributed by atoms with Gasteiger partial charge in [0.15, 0.2) is 0 Å². The second-order valence-corrected chi connectivity index (χ2v) is 7.68. The SMILES string of the molecule is CC(C)S(=O)(=O)Nc1ccc(S(N)(=O)=O)cc1F. The minimum absolute atomic E-state index is 0.323. The Hall–Kier alpha value is -1.19. The van der Waals surface area contributed by atoms with Gasteiger partial charge in [0.2, 0.25) is 20.0 Å². The van der Waals surface area contributed by atoms with Gasteiger partial charge in [0.1, 0.15) is 5.82 Å². The van der Waals surface area contributed by atoms with Gasteiger partial charge >= 0.3 is 0 Å². The molecule has 18 heavy (non-hydrogen) atoms. The van der Waals surface area contributed by atoms with Gasteiger partial charge in [-0.15, -0.1) is 0 Å². The minimum atomic E-state index is -4.02. The molecular weight excluding hydrogens is 283 g/mol. The van der Waals surface area contributed by atoms with Crippen LogP contribution in [0.5, 0.6) is 0 Å². The summed E-state index contributed by atoms with van der Waals surface area (Å²) in [7, 11) is -7.71. The van der Waals surface area contributed by atoms with Gasteiger partial charge in [-0.2, -0.15) is 0 Å². The summed E-state index contributed by atoms with van der Waals surface area (Å²) in [5, 5.41) is 4.08. The van der Waals surface area contributed by atoms with Gasteiger partial charge in [0, 0.05) is 0 Å². The number of rotatable bonds is 4. The fraction of sp³-hybridized carbons (Fsp3) is 0.333. The van der Waals surface area contributed by atoms with E-state index in [1.165, 1.54) is 13.8 Å². The predicted molar refractivity (Wildman–Crippen MR) is 65.5 cm³/mol. The van der Waals surface area contributed by atoms with Crippen molar-refractivity contribution < 1.29 is 21.2 Å². The number of nitrogens with two attached hydrogens (primary N) is 1. The number of sulfonamides is 2. The van der Waals surface area contributed by atoms with Crippen LogP contribution in [0.1, 0.15) is 13.8 Å². The molecule has 9 heteroatoms. The van der Waals surface area contributed by atoms with Gasteiger partial charge in [-0.3, -0.25) is 4.72 Å². The van der Waals surface area contributed by atoms with Crippen molar-refractivity contribution in [2.45, 2.75) is 24.0 Å². The van der Waals surface area contributed by atoms with E-state index in [0.29, 0.717) is 6.07 Å². The fourth-order valence-corrected chi connectivity index (χ4v) is 2.26. The minimum Gasteiger partial charge on any atom is -0.280 e. The standard InChI is InChI=1S/C9H13FN2O4S2/c1-6(2)18(15,16)12-9-4-3-7(5-8(9)10)17(11,13)14/h3-6,12H,1-2H3,(H2,11,13,14). The molecular formula is C9H13FN2O4S2. The highest BCUT2D eigenvalue weighted by Gasteiger charge is 2.19. The molecule has 0 unspecified atom stereocenters. The summed E-state index contributed by atoms with van der Waals surface area (Å²) >= 11 is 0. The Morgan fingerprint density at radius 2 is 1.78 bits per heavy atom. The molecule has 0 aromatic heterocycles. The molecule has 0 spiro atoms. The molecule has 3 N–H and O–H groups in total. The molecule has 1 rings (SSSR count). The number of anilines is 1. The van der Waals surface area contributed by atoms with Crippen LogP contribution < -0.4 is 9.86 Å². The Morgan fingerprint density at radius 3 is 2.17 bits per heavy atom. The predicted octanol–water partition coefficient (Wildman–Crippen LogP) is 0.623. The van der Waals surface area contributed by atoms with Gasteiger partial charge in [-0.25, -0.2) is 26.4 Å². The average molecular weight is 296 g/mol. The van der Waals surface area contributed by atoms with Crippen molar-refractivity contribution in [3.8, 4) is 0 Å². The molecule has 0 aliphatic rings. The summed E-state index contributed by atoms with van der Waals surface area (Å²) in [6.45, 7) is 2.86. The lowest BCUT2D eigenvalue weighted by Crippen LogP contribution is -2.23. The van der Waals surface area contributed by atoms with Gasteiger partial charge in [0.05, 0.1) is 15.8 Å². The Balaban J connectivity index is 3.16. The first-order valence-corrected chi connectivity index (χ1v) is 7.97.